The summed E-state index contributed by atoms with van der Waals surface area (Å²) in [5.41, 5.74) is -0.0648. The van der Waals surface area contributed by atoms with Crippen LogP contribution in [0.1, 0.15) is 27.2 Å². The van der Waals surface area contributed by atoms with Crippen molar-refractivity contribution < 1.29 is 19.4 Å². The van der Waals surface area contributed by atoms with Gasteiger partial charge in [0.1, 0.15) is 6.10 Å². The molecular formula is C9H15NO4. The van der Waals surface area contributed by atoms with E-state index in [1.165, 1.54) is 0 Å². The fourth-order valence-electron chi connectivity index (χ4n) is 1.44. The number of nitrogens with one attached hydrogen (secondary N) is 1. The zero-order valence-electron chi connectivity index (χ0n) is 8.53. The van der Waals surface area contributed by atoms with Gasteiger partial charge < -0.3 is 15.2 Å². The summed E-state index contributed by atoms with van der Waals surface area (Å²) in [6.45, 7) is 5.91. The van der Waals surface area contributed by atoms with E-state index in [1.807, 2.05) is 20.8 Å². The third kappa shape index (κ3) is 2.61. The molecule has 80 valence electrons. The second kappa shape index (κ2) is 3.48. The highest BCUT2D eigenvalue weighted by Gasteiger charge is 2.40. The smallest absolute Gasteiger partial charge is 0.408 e. The molecule has 0 spiro atoms. The average Bonchev–Trinajstić information content (AvgIpc) is 2.27. The molecule has 14 heavy (non-hydrogen) atoms. The van der Waals surface area contributed by atoms with Gasteiger partial charge in [-0.2, -0.15) is 0 Å². The summed E-state index contributed by atoms with van der Waals surface area (Å²) in [6.07, 6.45) is -0.686. The molecule has 0 saturated carbocycles. The summed E-state index contributed by atoms with van der Waals surface area (Å²) in [5.74, 6) is -1.05. The van der Waals surface area contributed by atoms with E-state index in [0.29, 0.717) is 6.42 Å². The first-order chi connectivity index (χ1) is 6.29. The molecule has 1 rings (SSSR count). The van der Waals surface area contributed by atoms with E-state index in [1.54, 1.807) is 0 Å². The summed E-state index contributed by atoms with van der Waals surface area (Å²) in [7, 11) is 0. The summed E-state index contributed by atoms with van der Waals surface area (Å²) in [6, 6.07) is -0.915. The standard InChI is InChI=1S/C9H15NO4/c1-9(2,3)4-5-6(7(11)12)10-8(13)14-5/h5-6H,4H2,1-3H3,(H,10,13)(H,11,12). The molecule has 0 aliphatic carbocycles. The number of carbonyl (C=O) groups is 2. The Labute approximate surface area is 82.4 Å². The molecule has 0 aromatic heterocycles. The third-order valence-corrected chi connectivity index (χ3v) is 1.98. The van der Waals surface area contributed by atoms with Gasteiger partial charge in [0.15, 0.2) is 6.04 Å². The van der Waals surface area contributed by atoms with Gasteiger partial charge in [-0.3, -0.25) is 0 Å². The first-order valence-corrected chi connectivity index (χ1v) is 4.49. The zero-order valence-corrected chi connectivity index (χ0v) is 8.53. The van der Waals surface area contributed by atoms with Crippen molar-refractivity contribution in [2.24, 2.45) is 5.41 Å². The molecular weight excluding hydrogens is 186 g/mol. The van der Waals surface area contributed by atoms with Crippen molar-refractivity contribution in [1.82, 2.24) is 5.32 Å². The molecule has 2 N–H and O–H groups in total. The molecule has 0 aromatic carbocycles. The maximum Gasteiger partial charge on any atom is 0.408 e. The zero-order chi connectivity index (χ0) is 10.9. The maximum absolute atomic E-state index is 10.9. The van der Waals surface area contributed by atoms with Crippen LogP contribution in [0.25, 0.3) is 0 Å². The number of amides is 1. The van der Waals surface area contributed by atoms with Crippen LogP contribution in [-0.4, -0.2) is 29.3 Å². The fourth-order valence-corrected chi connectivity index (χ4v) is 1.44. The van der Waals surface area contributed by atoms with Gasteiger partial charge in [-0.05, 0) is 11.8 Å². The molecule has 1 fully saturated rings. The molecule has 2 atom stereocenters. The number of aliphatic carboxylic acids is 1. The predicted molar refractivity (Wildman–Crippen MR) is 48.9 cm³/mol. The van der Waals surface area contributed by atoms with Crippen molar-refractivity contribution in [3.63, 3.8) is 0 Å². The topological polar surface area (TPSA) is 75.6 Å². The number of rotatable bonds is 2. The Balaban J connectivity index is 2.67. The van der Waals surface area contributed by atoms with Crippen molar-refractivity contribution in [1.29, 1.82) is 0 Å². The van der Waals surface area contributed by atoms with E-state index in [-0.39, 0.29) is 5.41 Å². The lowest BCUT2D eigenvalue weighted by Gasteiger charge is -2.23. The SMILES string of the molecule is CC(C)(C)CC1OC(=O)NC1C(=O)O. The molecule has 0 bridgehead atoms. The van der Waals surface area contributed by atoms with Crippen molar-refractivity contribution in [3.8, 4) is 0 Å². The van der Waals surface area contributed by atoms with Gasteiger partial charge in [0.05, 0.1) is 0 Å². The molecule has 5 nitrogen and oxygen atoms in total. The van der Waals surface area contributed by atoms with Gasteiger partial charge >= 0.3 is 12.1 Å². The second-order valence-electron chi connectivity index (χ2n) is 4.67. The lowest BCUT2D eigenvalue weighted by molar-refractivity contribution is -0.140. The summed E-state index contributed by atoms with van der Waals surface area (Å²) in [5, 5.41) is 11.1. The Morgan fingerprint density at radius 3 is 2.57 bits per heavy atom. The number of hydrogen-bond acceptors (Lipinski definition) is 3. The average molecular weight is 201 g/mol. The number of carbonyl (C=O) groups excluding carboxylic acids is 1. The van der Waals surface area contributed by atoms with Gasteiger partial charge in [-0.1, -0.05) is 20.8 Å². The van der Waals surface area contributed by atoms with E-state index >= 15 is 0 Å². The number of alkyl carbamates (subject to hydrolysis) is 1. The van der Waals surface area contributed by atoms with E-state index in [2.05, 4.69) is 5.32 Å². The Hall–Kier alpha value is -1.26. The van der Waals surface area contributed by atoms with E-state index < -0.39 is 24.2 Å². The molecule has 1 saturated heterocycles. The second-order valence-corrected chi connectivity index (χ2v) is 4.67. The van der Waals surface area contributed by atoms with Gasteiger partial charge in [-0.25, -0.2) is 9.59 Å². The highest BCUT2D eigenvalue weighted by atomic mass is 16.6. The summed E-state index contributed by atoms with van der Waals surface area (Å²) >= 11 is 0. The number of carboxylic acid groups (broad SMARTS) is 1. The number of cyclic esters (lactones) is 1. The highest BCUT2D eigenvalue weighted by Crippen LogP contribution is 2.26. The summed E-state index contributed by atoms with van der Waals surface area (Å²) < 4.78 is 4.88. The molecule has 2 unspecified atom stereocenters. The normalized spacial score (nSPS) is 26.9. The van der Waals surface area contributed by atoms with Crippen LogP contribution < -0.4 is 5.32 Å². The van der Waals surface area contributed by atoms with Crippen LogP contribution in [0, 0.1) is 5.41 Å². The minimum Gasteiger partial charge on any atom is -0.480 e. The largest absolute Gasteiger partial charge is 0.480 e. The van der Waals surface area contributed by atoms with Crippen LogP contribution in [0.4, 0.5) is 4.79 Å². The van der Waals surface area contributed by atoms with Gasteiger partial charge in [0, 0.05) is 0 Å². The van der Waals surface area contributed by atoms with E-state index in [9.17, 15) is 9.59 Å². The Bertz CT molecular complexity index is 256. The van der Waals surface area contributed by atoms with Crippen LogP contribution in [0.2, 0.25) is 0 Å². The maximum atomic E-state index is 10.9. The Kier molecular flexibility index (Phi) is 2.69. The quantitative estimate of drug-likeness (QED) is 0.698. The number of hydrogen-bond donors (Lipinski definition) is 2. The Morgan fingerprint density at radius 1 is 1.57 bits per heavy atom. The van der Waals surface area contributed by atoms with Crippen LogP contribution >= 0.6 is 0 Å². The molecule has 5 heteroatoms. The first-order valence-electron chi connectivity index (χ1n) is 4.49. The van der Waals surface area contributed by atoms with Crippen LogP contribution in [0.3, 0.4) is 0 Å². The molecule has 1 aliphatic heterocycles. The monoisotopic (exact) mass is 201 g/mol. The van der Waals surface area contributed by atoms with Crippen molar-refractivity contribution in [3.05, 3.63) is 0 Å². The minimum absolute atomic E-state index is 0.0648. The highest BCUT2D eigenvalue weighted by molar-refractivity contribution is 5.83. The lowest BCUT2D eigenvalue weighted by Crippen LogP contribution is -2.40. The van der Waals surface area contributed by atoms with E-state index in [4.69, 9.17) is 9.84 Å². The fraction of sp³-hybridized carbons (Fsp3) is 0.778. The lowest BCUT2D eigenvalue weighted by atomic mass is 9.87. The van der Waals surface area contributed by atoms with E-state index in [0.717, 1.165) is 0 Å². The van der Waals surface area contributed by atoms with Crippen molar-refractivity contribution in [2.75, 3.05) is 0 Å². The molecule has 1 aliphatic rings. The van der Waals surface area contributed by atoms with Crippen LogP contribution in [0.5, 0.6) is 0 Å². The van der Waals surface area contributed by atoms with Crippen molar-refractivity contribution >= 4 is 12.1 Å². The van der Waals surface area contributed by atoms with Gasteiger partial charge in [0.2, 0.25) is 0 Å². The van der Waals surface area contributed by atoms with Gasteiger partial charge in [-0.15, -0.1) is 0 Å². The number of ether oxygens (including phenoxy) is 1. The summed E-state index contributed by atoms with van der Waals surface area (Å²) in [4.78, 5) is 21.6. The molecule has 0 aromatic rings. The third-order valence-electron chi connectivity index (χ3n) is 1.98. The van der Waals surface area contributed by atoms with Crippen LogP contribution in [0.15, 0.2) is 0 Å². The minimum atomic E-state index is -1.05. The Morgan fingerprint density at radius 2 is 2.14 bits per heavy atom. The van der Waals surface area contributed by atoms with Crippen LogP contribution in [-0.2, 0) is 9.53 Å². The van der Waals surface area contributed by atoms with Crippen molar-refractivity contribution in [2.45, 2.75) is 39.3 Å². The predicted octanol–water partition coefficient (Wildman–Crippen LogP) is 0.984. The van der Waals surface area contributed by atoms with Gasteiger partial charge in [0.25, 0.3) is 0 Å². The number of carboxylic acids is 1. The first kappa shape index (κ1) is 10.8. The molecule has 0 radical (unpaired) electrons. The molecule has 1 amide bonds. The molecule has 1 heterocycles.